The molecule has 0 aromatic heterocycles. The molecule has 1 N–H and O–H groups in total. The molecule has 3 rings (SSSR count). The maximum Gasteiger partial charge on any atom is 0.258 e. The number of carbonyl (C=O) groups excluding carboxylic acids is 1. The predicted octanol–water partition coefficient (Wildman–Crippen LogP) is 3.58. The van der Waals surface area contributed by atoms with E-state index >= 15 is 0 Å². The summed E-state index contributed by atoms with van der Waals surface area (Å²) in [7, 11) is 1.60. The van der Waals surface area contributed by atoms with Gasteiger partial charge in [-0.05, 0) is 42.5 Å². The highest BCUT2D eigenvalue weighted by Crippen LogP contribution is 2.28. The van der Waals surface area contributed by atoms with Crippen LogP contribution in [0.4, 0.5) is 0 Å². The minimum absolute atomic E-state index is 0.0125. The van der Waals surface area contributed by atoms with Crippen molar-refractivity contribution in [1.82, 2.24) is 10.2 Å². The first-order valence-electron chi connectivity index (χ1n) is 10.1. The van der Waals surface area contributed by atoms with Crippen LogP contribution in [0.3, 0.4) is 0 Å². The van der Waals surface area contributed by atoms with Crippen LogP contribution >= 0.6 is 0 Å². The molecular weight excluding hydrogens is 364 g/mol. The van der Waals surface area contributed by atoms with Gasteiger partial charge in [0.15, 0.2) is 18.1 Å². The first kappa shape index (κ1) is 20.9. The van der Waals surface area contributed by atoms with Crippen LogP contribution in [-0.4, -0.2) is 43.7 Å². The van der Waals surface area contributed by atoms with E-state index in [4.69, 9.17) is 9.47 Å². The van der Waals surface area contributed by atoms with Gasteiger partial charge < -0.3 is 14.8 Å². The Kier molecular flexibility index (Phi) is 7.70. The van der Waals surface area contributed by atoms with Gasteiger partial charge >= 0.3 is 0 Å². The SMILES string of the molecule is C=CCc1ccc(OCC(=O)NC2CCN(Cc3ccccc3)CC2)c(OC)c1. The Balaban J connectivity index is 1.42. The smallest absolute Gasteiger partial charge is 0.258 e. The fourth-order valence-electron chi connectivity index (χ4n) is 3.61. The predicted molar refractivity (Wildman–Crippen MR) is 115 cm³/mol. The molecular formula is C24H30N2O3. The molecule has 2 aromatic rings. The van der Waals surface area contributed by atoms with Gasteiger partial charge in [-0.25, -0.2) is 0 Å². The van der Waals surface area contributed by atoms with Gasteiger partial charge in [-0.15, -0.1) is 6.58 Å². The Morgan fingerprint density at radius 3 is 2.59 bits per heavy atom. The summed E-state index contributed by atoms with van der Waals surface area (Å²) in [4.78, 5) is 14.8. The maximum atomic E-state index is 12.3. The van der Waals surface area contributed by atoms with Crippen molar-refractivity contribution in [3.8, 4) is 11.5 Å². The number of amides is 1. The standard InChI is InChI=1S/C24H30N2O3/c1-3-7-19-10-11-22(23(16-19)28-2)29-18-24(27)25-21-12-14-26(15-13-21)17-20-8-5-4-6-9-20/h3-6,8-11,16,21H,1,7,12-15,17-18H2,2H3,(H,25,27). The quantitative estimate of drug-likeness (QED) is 0.661. The lowest BCUT2D eigenvalue weighted by atomic mass is 10.0. The van der Waals surface area contributed by atoms with Crippen LogP contribution in [0.2, 0.25) is 0 Å². The molecule has 154 valence electrons. The summed E-state index contributed by atoms with van der Waals surface area (Å²) in [5.74, 6) is 1.11. The zero-order valence-electron chi connectivity index (χ0n) is 17.1. The summed E-state index contributed by atoms with van der Waals surface area (Å²) in [6.07, 6.45) is 4.52. The highest BCUT2D eigenvalue weighted by atomic mass is 16.5. The molecule has 1 aliphatic heterocycles. The Hall–Kier alpha value is -2.79. The summed E-state index contributed by atoms with van der Waals surface area (Å²) in [5.41, 5.74) is 2.42. The van der Waals surface area contributed by atoms with Crippen molar-refractivity contribution in [3.63, 3.8) is 0 Å². The molecule has 0 spiro atoms. The molecule has 1 heterocycles. The molecule has 0 radical (unpaired) electrons. The molecule has 0 atom stereocenters. The van der Waals surface area contributed by atoms with E-state index in [0.717, 1.165) is 44.5 Å². The Bertz CT molecular complexity index is 799. The van der Waals surface area contributed by atoms with Crippen LogP contribution < -0.4 is 14.8 Å². The van der Waals surface area contributed by atoms with E-state index in [1.165, 1.54) is 5.56 Å². The molecule has 29 heavy (non-hydrogen) atoms. The Morgan fingerprint density at radius 1 is 1.14 bits per heavy atom. The number of rotatable bonds is 9. The molecule has 0 saturated carbocycles. The third-order valence-corrected chi connectivity index (χ3v) is 5.17. The van der Waals surface area contributed by atoms with Crippen molar-refractivity contribution in [2.75, 3.05) is 26.8 Å². The number of hydrogen-bond donors (Lipinski definition) is 1. The van der Waals surface area contributed by atoms with Gasteiger partial charge in [0.1, 0.15) is 0 Å². The second-order valence-corrected chi connectivity index (χ2v) is 7.37. The van der Waals surface area contributed by atoms with Crippen LogP contribution in [0.15, 0.2) is 61.2 Å². The largest absolute Gasteiger partial charge is 0.493 e. The van der Waals surface area contributed by atoms with Crippen molar-refractivity contribution >= 4 is 5.91 Å². The molecule has 1 saturated heterocycles. The number of carbonyl (C=O) groups is 1. The van der Waals surface area contributed by atoms with E-state index in [1.54, 1.807) is 7.11 Å². The Labute approximate surface area is 173 Å². The van der Waals surface area contributed by atoms with Gasteiger partial charge in [-0.1, -0.05) is 42.5 Å². The molecule has 5 nitrogen and oxygen atoms in total. The van der Waals surface area contributed by atoms with Crippen molar-refractivity contribution in [3.05, 3.63) is 72.3 Å². The summed E-state index contributed by atoms with van der Waals surface area (Å²) < 4.78 is 11.1. The summed E-state index contributed by atoms with van der Waals surface area (Å²) in [5, 5.41) is 3.10. The molecule has 0 unspecified atom stereocenters. The minimum Gasteiger partial charge on any atom is -0.493 e. The highest BCUT2D eigenvalue weighted by molar-refractivity contribution is 5.78. The number of methoxy groups -OCH3 is 1. The fraction of sp³-hybridized carbons (Fsp3) is 0.375. The number of allylic oxidation sites excluding steroid dienone is 1. The van der Waals surface area contributed by atoms with Crippen LogP contribution in [-0.2, 0) is 17.8 Å². The lowest BCUT2D eigenvalue weighted by Crippen LogP contribution is -2.45. The van der Waals surface area contributed by atoms with E-state index in [0.29, 0.717) is 11.5 Å². The van der Waals surface area contributed by atoms with Crippen LogP contribution in [0.5, 0.6) is 11.5 Å². The summed E-state index contributed by atoms with van der Waals surface area (Å²) in [6, 6.07) is 16.4. The second-order valence-electron chi connectivity index (χ2n) is 7.37. The number of benzene rings is 2. The van der Waals surface area contributed by atoms with E-state index in [-0.39, 0.29) is 18.6 Å². The molecule has 5 heteroatoms. The fourth-order valence-corrected chi connectivity index (χ4v) is 3.61. The average Bonchev–Trinajstić information content (AvgIpc) is 2.75. The molecule has 1 amide bonds. The van der Waals surface area contributed by atoms with Gasteiger partial charge in [0.25, 0.3) is 5.91 Å². The third-order valence-electron chi connectivity index (χ3n) is 5.17. The van der Waals surface area contributed by atoms with Crippen molar-refractivity contribution in [2.45, 2.75) is 31.8 Å². The highest BCUT2D eigenvalue weighted by Gasteiger charge is 2.21. The van der Waals surface area contributed by atoms with E-state index in [1.807, 2.05) is 30.3 Å². The van der Waals surface area contributed by atoms with E-state index in [2.05, 4.69) is 41.1 Å². The van der Waals surface area contributed by atoms with Gasteiger partial charge in [-0.3, -0.25) is 9.69 Å². The number of piperidine rings is 1. The van der Waals surface area contributed by atoms with Gasteiger partial charge in [0.2, 0.25) is 0 Å². The number of nitrogens with one attached hydrogen (secondary N) is 1. The average molecular weight is 395 g/mol. The van der Waals surface area contributed by atoms with Crippen molar-refractivity contribution in [2.24, 2.45) is 0 Å². The first-order valence-corrected chi connectivity index (χ1v) is 10.1. The van der Waals surface area contributed by atoms with Crippen LogP contribution in [0.25, 0.3) is 0 Å². The molecule has 0 bridgehead atoms. The number of likely N-dealkylation sites (tertiary alicyclic amines) is 1. The topological polar surface area (TPSA) is 50.8 Å². The van der Waals surface area contributed by atoms with E-state index in [9.17, 15) is 4.79 Å². The number of nitrogens with zero attached hydrogens (tertiary/aromatic N) is 1. The van der Waals surface area contributed by atoms with Gasteiger partial charge in [-0.2, -0.15) is 0 Å². The lowest BCUT2D eigenvalue weighted by molar-refractivity contribution is -0.124. The first-order chi connectivity index (χ1) is 14.2. The molecule has 2 aromatic carbocycles. The zero-order chi connectivity index (χ0) is 20.5. The van der Waals surface area contributed by atoms with Crippen molar-refractivity contribution < 1.29 is 14.3 Å². The van der Waals surface area contributed by atoms with Gasteiger partial charge in [0.05, 0.1) is 7.11 Å². The minimum atomic E-state index is -0.0938. The summed E-state index contributed by atoms with van der Waals surface area (Å²) in [6.45, 7) is 6.67. The zero-order valence-corrected chi connectivity index (χ0v) is 17.1. The lowest BCUT2D eigenvalue weighted by Gasteiger charge is -2.32. The van der Waals surface area contributed by atoms with Crippen LogP contribution in [0, 0.1) is 0 Å². The van der Waals surface area contributed by atoms with Gasteiger partial charge in [0, 0.05) is 25.7 Å². The normalized spacial score (nSPS) is 14.9. The molecule has 1 fully saturated rings. The van der Waals surface area contributed by atoms with Crippen molar-refractivity contribution in [1.29, 1.82) is 0 Å². The van der Waals surface area contributed by atoms with E-state index < -0.39 is 0 Å². The summed E-state index contributed by atoms with van der Waals surface area (Å²) >= 11 is 0. The van der Waals surface area contributed by atoms with Crippen LogP contribution in [0.1, 0.15) is 24.0 Å². The second kappa shape index (κ2) is 10.7. The maximum absolute atomic E-state index is 12.3. The third kappa shape index (κ3) is 6.36. The number of hydrogen-bond acceptors (Lipinski definition) is 4. The number of ether oxygens (including phenoxy) is 2. The Morgan fingerprint density at radius 2 is 1.90 bits per heavy atom. The molecule has 0 aliphatic carbocycles. The molecule has 1 aliphatic rings. The monoisotopic (exact) mass is 394 g/mol.